The standard InChI is InChI=1S/C18H19F3N4O2/c19-18(20,21)16-2-1-13(11-23-16)12-24-17(26)25-9-5-15(6-10-25)27-14-3-7-22-8-4-14/h1-4,7-8,11,15H,5-6,9-10,12H2,(H,24,26). The van der Waals surface area contributed by atoms with Crippen LogP contribution >= 0.6 is 0 Å². The van der Waals surface area contributed by atoms with Crippen LogP contribution in [0.15, 0.2) is 42.9 Å². The normalized spacial score (nSPS) is 15.4. The van der Waals surface area contributed by atoms with Gasteiger partial charge in [0.2, 0.25) is 0 Å². The summed E-state index contributed by atoms with van der Waals surface area (Å²) in [6, 6.07) is 5.54. The first-order valence-corrected chi connectivity index (χ1v) is 8.53. The van der Waals surface area contributed by atoms with Crippen LogP contribution < -0.4 is 10.1 Å². The van der Waals surface area contributed by atoms with E-state index in [1.165, 1.54) is 6.07 Å². The molecule has 2 aromatic rings. The molecule has 3 heterocycles. The molecular formula is C18H19F3N4O2. The zero-order valence-corrected chi connectivity index (χ0v) is 14.4. The van der Waals surface area contributed by atoms with Crippen molar-refractivity contribution in [2.45, 2.75) is 31.7 Å². The number of rotatable bonds is 4. The Hall–Kier alpha value is -2.84. The van der Waals surface area contributed by atoms with E-state index in [2.05, 4.69) is 15.3 Å². The number of likely N-dealkylation sites (tertiary alicyclic amines) is 1. The van der Waals surface area contributed by atoms with Gasteiger partial charge in [0, 0.05) is 51.1 Å². The summed E-state index contributed by atoms with van der Waals surface area (Å²) in [5, 5.41) is 2.71. The number of halogens is 3. The van der Waals surface area contributed by atoms with Gasteiger partial charge in [-0.3, -0.25) is 9.97 Å². The van der Waals surface area contributed by atoms with Crippen molar-refractivity contribution in [3.63, 3.8) is 0 Å². The number of alkyl halides is 3. The Morgan fingerprint density at radius 3 is 2.48 bits per heavy atom. The van der Waals surface area contributed by atoms with Crippen LogP contribution in [0.25, 0.3) is 0 Å². The SMILES string of the molecule is O=C(NCc1ccc(C(F)(F)F)nc1)N1CCC(Oc2ccncc2)CC1. The largest absolute Gasteiger partial charge is 0.490 e. The van der Waals surface area contributed by atoms with Crippen LogP contribution in [-0.4, -0.2) is 40.1 Å². The molecule has 0 saturated carbocycles. The van der Waals surface area contributed by atoms with E-state index in [1.807, 2.05) is 0 Å². The topological polar surface area (TPSA) is 67.4 Å². The Balaban J connectivity index is 1.43. The number of aromatic nitrogens is 2. The van der Waals surface area contributed by atoms with Crippen LogP contribution in [0.4, 0.5) is 18.0 Å². The molecule has 0 aliphatic carbocycles. The summed E-state index contributed by atoms with van der Waals surface area (Å²) in [5.41, 5.74) is -0.443. The fraction of sp³-hybridized carbons (Fsp3) is 0.389. The summed E-state index contributed by atoms with van der Waals surface area (Å²) in [6.45, 7) is 1.22. The number of urea groups is 1. The van der Waals surface area contributed by atoms with Gasteiger partial charge in [-0.25, -0.2) is 4.79 Å². The van der Waals surface area contributed by atoms with Crippen LogP contribution in [0, 0.1) is 0 Å². The van der Waals surface area contributed by atoms with Gasteiger partial charge in [0.05, 0.1) is 0 Å². The Morgan fingerprint density at radius 1 is 1.19 bits per heavy atom. The molecule has 1 N–H and O–H groups in total. The van der Waals surface area contributed by atoms with E-state index < -0.39 is 11.9 Å². The molecule has 9 heteroatoms. The molecule has 1 saturated heterocycles. The van der Waals surface area contributed by atoms with Crippen molar-refractivity contribution in [2.75, 3.05) is 13.1 Å². The van der Waals surface area contributed by atoms with Gasteiger partial charge in [-0.05, 0) is 23.8 Å². The average molecular weight is 380 g/mol. The van der Waals surface area contributed by atoms with E-state index in [1.54, 1.807) is 29.4 Å². The molecule has 2 amide bonds. The van der Waals surface area contributed by atoms with Crippen molar-refractivity contribution in [3.8, 4) is 5.75 Å². The fourth-order valence-corrected chi connectivity index (χ4v) is 2.77. The monoisotopic (exact) mass is 380 g/mol. The summed E-state index contributed by atoms with van der Waals surface area (Å²) in [7, 11) is 0. The highest BCUT2D eigenvalue weighted by Crippen LogP contribution is 2.27. The van der Waals surface area contributed by atoms with Gasteiger partial charge in [-0.2, -0.15) is 13.2 Å². The summed E-state index contributed by atoms with van der Waals surface area (Å²) >= 11 is 0. The first-order valence-electron chi connectivity index (χ1n) is 8.53. The number of nitrogens with zero attached hydrogens (tertiary/aromatic N) is 3. The molecule has 1 aliphatic rings. The highest BCUT2D eigenvalue weighted by atomic mass is 19.4. The molecule has 1 fully saturated rings. The number of nitrogens with one attached hydrogen (secondary N) is 1. The minimum Gasteiger partial charge on any atom is -0.490 e. The molecular weight excluding hydrogens is 361 g/mol. The second-order valence-corrected chi connectivity index (χ2v) is 6.20. The van der Waals surface area contributed by atoms with Crippen molar-refractivity contribution in [3.05, 3.63) is 54.1 Å². The van der Waals surface area contributed by atoms with Crippen molar-refractivity contribution < 1.29 is 22.7 Å². The van der Waals surface area contributed by atoms with Crippen molar-refractivity contribution >= 4 is 6.03 Å². The lowest BCUT2D eigenvalue weighted by molar-refractivity contribution is -0.141. The molecule has 0 aromatic carbocycles. The zero-order chi connectivity index (χ0) is 19.3. The third-order valence-electron chi connectivity index (χ3n) is 4.24. The van der Waals surface area contributed by atoms with E-state index in [4.69, 9.17) is 4.74 Å². The van der Waals surface area contributed by atoms with Crippen LogP contribution in [0.3, 0.4) is 0 Å². The summed E-state index contributed by atoms with van der Waals surface area (Å²) in [6.07, 6.45) is 1.43. The van der Waals surface area contributed by atoms with Gasteiger partial charge in [0.15, 0.2) is 0 Å². The average Bonchev–Trinajstić information content (AvgIpc) is 2.67. The number of ether oxygens (including phenoxy) is 1. The number of hydrogen-bond donors (Lipinski definition) is 1. The maximum absolute atomic E-state index is 12.5. The lowest BCUT2D eigenvalue weighted by atomic mass is 10.1. The molecule has 1 aliphatic heterocycles. The number of pyridine rings is 2. The maximum atomic E-state index is 12.5. The van der Waals surface area contributed by atoms with Crippen LogP contribution in [-0.2, 0) is 12.7 Å². The van der Waals surface area contributed by atoms with Crippen molar-refractivity contribution in [1.29, 1.82) is 0 Å². The molecule has 0 atom stereocenters. The summed E-state index contributed by atoms with van der Waals surface area (Å²) < 4.78 is 43.3. The second kappa shape index (κ2) is 8.24. The Bertz CT molecular complexity index is 745. The van der Waals surface area contributed by atoms with Gasteiger partial charge < -0.3 is 15.0 Å². The van der Waals surface area contributed by atoms with Gasteiger partial charge in [0.1, 0.15) is 17.5 Å². The van der Waals surface area contributed by atoms with Gasteiger partial charge in [-0.15, -0.1) is 0 Å². The van der Waals surface area contributed by atoms with Crippen LogP contribution in [0.5, 0.6) is 5.75 Å². The van der Waals surface area contributed by atoms with E-state index >= 15 is 0 Å². The molecule has 6 nitrogen and oxygen atoms in total. The third kappa shape index (κ3) is 5.32. The first-order chi connectivity index (χ1) is 12.9. The maximum Gasteiger partial charge on any atom is 0.433 e. The van der Waals surface area contributed by atoms with E-state index in [0.29, 0.717) is 31.5 Å². The fourth-order valence-electron chi connectivity index (χ4n) is 2.77. The van der Waals surface area contributed by atoms with E-state index in [9.17, 15) is 18.0 Å². The van der Waals surface area contributed by atoms with Gasteiger partial charge in [-0.1, -0.05) is 6.07 Å². The van der Waals surface area contributed by atoms with Crippen molar-refractivity contribution in [2.24, 2.45) is 0 Å². The summed E-state index contributed by atoms with van der Waals surface area (Å²) in [4.78, 5) is 21.2. The molecule has 3 rings (SSSR count). The molecule has 0 radical (unpaired) electrons. The minimum absolute atomic E-state index is 0.0376. The Morgan fingerprint density at radius 2 is 1.89 bits per heavy atom. The molecule has 0 spiro atoms. The predicted molar refractivity (Wildman–Crippen MR) is 90.9 cm³/mol. The number of piperidine rings is 1. The van der Waals surface area contributed by atoms with Gasteiger partial charge in [0.25, 0.3) is 0 Å². The first kappa shape index (κ1) is 18.9. The van der Waals surface area contributed by atoms with Crippen LogP contribution in [0.2, 0.25) is 0 Å². The van der Waals surface area contributed by atoms with Crippen molar-refractivity contribution in [1.82, 2.24) is 20.2 Å². The van der Waals surface area contributed by atoms with E-state index in [0.717, 1.165) is 18.0 Å². The lowest BCUT2D eigenvalue weighted by Gasteiger charge is -2.32. The minimum atomic E-state index is -4.47. The lowest BCUT2D eigenvalue weighted by Crippen LogP contribution is -2.46. The summed E-state index contributed by atoms with van der Waals surface area (Å²) in [5.74, 6) is 0.753. The van der Waals surface area contributed by atoms with Crippen LogP contribution in [0.1, 0.15) is 24.1 Å². The molecule has 2 aromatic heterocycles. The third-order valence-corrected chi connectivity index (χ3v) is 4.24. The quantitative estimate of drug-likeness (QED) is 0.884. The zero-order valence-electron chi connectivity index (χ0n) is 14.4. The smallest absolute Gasteiger partial charge is 0.433 e. The molecule has 0 bridgehead atoms. The number of amides is 2. The number of hydrogen-bond acceptors (Lipinski definition) is 4. The van der Waals surface area contributed by atoms with E-state index in [-0.39, 0.29) is 18.7 Å². The van der Waals surface area contributed by atoms with Gasteiger partial charge >= 0.3 is 12.2 Å². The molecule has 0 unspecified atom stereocenters. The number of carbonyl (C=O) groups is 1. The highest BCUT2D eigenvalue weighted by Gasteiger charge is 2.32. The second-order valence-electron chi connectivity index (χ2n) is 6.20. The Kier molecular flexibility index (Phi) is 5.78. The molecule has 27 heavy (non-hydrogen) atoms. The Labute approximate surface area is 154 Å². The molecule has 144 valence electrons. The highest BCUT2D eigenvalue weighted by molar-refractivity contribution is 5.74. The predicted octanol–water partition coefficient (Wildman–Crippen LogP) is 3.25. The number of carbonyl (C=O) groups excluding carboxylic acids is 1.